The lowest BCUT2D eigenvalue weighted by atomic mass is 10.2. The van der Waals surface area contributed by atoms with Gasteiger partial charge in [0, 0.05) is 6.54 Å². The standard InChI is InChI=1S/C6H8F5N3/c1-2-14-3-12-13-4(14)5(7,8)6(9,10)11/h3-4,13H,2H2,1H3. The minimum absolute atomic E-state index is 0.0207. The van der Waals surface area contributed by atoms with Crippen LogP contribution in [0, 0.1) is 0 Å². The zero-order valence-corrected chi connectivity index (χ0v) is 7.15. The summed E-state index contributed by atoms with van der Waals surface area (Å²) in [4.78, 5) is 0.785. The lowest BCUT2D eigenvalue weighted by Gasteiger charge is -2.30. The van der Waals surface area contributed by atoms with Crippen molar-refractivity contribution in [1.29, 1.82) is 0 Å². The van der Waals surface area contributed by atoms with Gasteiger partial charge in [-0.2, -0.15) is 27.1 Å². The summed E-state index contributed by atoms with van der Waals surface area (Å²) in [7, 11) is 0. The van der Waals surface area contributed by atoms with Crippen LogP contribution in [0.1, 0.15) is 6.92 Å². The highest BCUT2D eigenvalue weighted by atomic mass is 19.4. The van der Waals surface area contributed by atoms with Gasteiger partial charge in [-0.25, -0.2) is 0 Å². The Hall–Kier alpha value is -1.08. The summed E-state index contributed by atoms with van der Waals surface area (Å²) < 4.78 is 61.3. The van der Waals surface area contributed by atoms with Crippen molar-refractivity contribution in [3.63, 3.8) is 0 Å². The highest BCUT2D eigenvalue weighted by Gasteiger charge is 2.64. The van der Waals surface area contributed by atoms with Crippen molar-refractivity contribution in [2.75, 3.05) is 6.54 Å². The van der Waals surface area contributed by atoms with E-state index < -0.39 is 18.3 Å². The molecule has 1 heterocycles. The van der Waals surface area contributed by atoms with E-state index in [4.69, 9.17) is 0 Å². The molecule has 0 saturated heterocycles. The Morgan fingerprint density at radius 2 is 1.93 bits per heavy atom. The van der Waals surface area contributed by atoms with Crippen molar-refractivity contribution in [3.8, 4) is 0 Å². The molecule has 0 spiro atoms. The van der Waals surface area contributed by atoms with Crippen LogP contribution in [0.5, 0.6) is 0 Å². The van der Waals surface area contributed by atoms with Crippen molar-refractivity contribution in [2.24, 2.45) is 5.10 Å². The van der Waals surface area contributed by atoms with Crippen molar-refractivity contribution in [3.05, 3.63) is 0 Å². The van der Waals surface area contributed by atoms with Gasteiger partial charge in [0.05, 0.1) is 0 Å². The predicted octanol–water partition coefficient (Wildman–Crippen LogP) is 1.38. The summed E-state index contributed by atoms with van der Waals surface area (Å²) in [5.74, 6) is -4.82. The van der Waals surface area contributed by atoms with Gasteiger partial charge in [-0.15, -0.1) is 0 Å². The van der Waals surface area contributed by atoms with Gasteiger partial charge in [0.1, 0.15) is 6.34 Å². The molecule has 0 aromatic heterocycles. The van der Waals surface area contributed by atoms with E-state index in [0.29, 0.717) is 0 Å². The Balaban J connectivity index is 2.83. The van der Waals surface area contributed by atoms with E-state index in [9.17, 15) is 22.0 Å². The lowest BCUT2D eigenvalue weighted by Crippen LogP contribution is -2.57. The summed E-state index contributed by atoms with van der Waals surface area (Å²) in [5.41, 5.74) is 1.73. The van der Waals surface area contributed by atoms with Crippen LogP contribution in [0.25, 0.3) is 0 Å². The third-order valence-electron chi connectivity index (χ3n) is 1.82. The topological polar surface area (TPSA) is 27.6 Å². The first-order valence-corrected chi connectivity index (χ1v) is 3.79. The van der Waals surface area contributed by atoms with Crippen LogP contribution in [0.2, 0.25) is 0 Å². The van der Waals surface area contributed by atoms with Crippen molar-refractivity contribution < 1.29 is 22.0 Å². The number of nitrogens with zero attached hydrogens (tertiary/aromatic N) is 2. The molecule has 0 fully saturated rings. The SMILES string of the molecule is CCN1C=NNC1C(F)(F)C(F)(F)F. The summed E-state index contributed by atoms with van der Waals surface area (Å²) in [6.45, 7) is 1.48. The van der Waals surface area contributed by atoms with Gasteiger partial charge < -0.3 is 4.90 Å². The molecule has 0 saturated carbocycles. The first kappa shape index (κ1) is 11.0. The second-order valence-electron chi connectivity index (χ2n) is 2.73. The number of hydrazone groups is 1. The number of nitrogens with one attached hydrogen (secondary N) is 1. The fourth-order valence-electron chi connectivity index (χ4n) is 1.03. The number of rotatable bonds is 2. The average molecular weight is 217 g/mol. The zero-order valence-electron chi connectivity index (χ0n) is 7.15. The first-order valence-electron chi connectivity index (χ1n) is 3.79. The number of hydrogen-bond acceptors (Lipinski definition) is 3. The maximum absolute atomic E-state index is 12.8. The normalized spacial score (nSPS) is 22.7. The molecule has 1 atom stereocenters. The molecule has 0 aliphatic carbocycles. The van der Waals surface area contributed by atoms with E-state index in [1.807, 2.05) is 0 Å². The molecule has 1 rings (SSSR count). The fraction of sp³-hybridized carbons (Fsp3) is 0.833. The van der Waals surface area contributed by atoms with Crippen molar-refractivity contribution >= 4 is 6.34 Å². The molecule has 0 radical (unpaired) electrons. The number of hydrogen-bond donors (Lipinski definition) is 1. The maximum Gasteiger partial charge on any atom is 0.457 e. The molecule has 3 nitrogen and oxygen atoms in total. The van der Waals surface area contributed by atoms with E-state index in [2.05, 4.69) is 5.10 Å². The number of halogens is 5. The monoisotopic (exact) mass is 217 g/mol. The van der Waals surface area contributed by atoms with Gasteiger partial charge in [-0.3, -0.25) is 5.43 Å². The van der Waals surface area contributed by atoms with Gasteiger partial charge in [0.2, 0.25) is 0 Å². The Bertz CT molecular complexity index is 236. The molecule has 0 bridgehead atoms. The average Bonchev–Trinajstić information content (AvgIpc) is 2.49. The molecule has 1 aliphatic heterocycles. The molecule has 0 amide bonds. The van der Waals surface area contributed by atoms with Crippen LogP contribution < -0.4 is 5.43 Å². The van der Waals surface area contributed by atoms with E-state index in [0.717, 1.165) is 11.2 Å². The number of alkyl halides is 5. The highest BCUT2D eigenvalue weighted by Crippen LogP contribution is 2.39. The van der Waals surface area contributed by atoms with Crippen molar-refractivity contribution in [1.82, 2.24) is 10.3 Å². The van der Waals surface area contributed by atoms with Gasteiger partial charge in [-0.1, -0.05) is 0 Å². The summed E-state index contributed by atoms with van der Waals surface area (Å²) in [6, 6.07) is 0. The van der Waals surface area contributed by atoms with Crippen LogP contribution in [0.4, 0.5) is 22.0 Å². The lowest BCUT2D eigenvalue weighted by molar-refractivity contribution is -0.301. The molecule has 14 heavy (non-hydrogen) atoms. The molecule has 1 aliphatic rings. The predicted molar refractivity (Wildman–Crippen MR) is 38.8 cm³/mol. The molecular formula is C6H8F5N3. The van der Waals surface area contributed by atoms with Crippen LogP contribution in [-0.4, -0.2) is 36.0 Å². The molecule has 1 N–H and O–H groups in total. The van der Waals surface area contributed by atoms with Gasteiger partial charge in [0.15, 0.2) is 6.17 Å². The highest BCUT2D eigenvalue weighted by molar-refractivity contribution is 5.57. The molecule has 0 aromatic rings. The molecular weight excluding hydrogens is 209 g/mol. The third-order valence-corrected chi connectivity index (χ3v) is 1.82. The Labute approximate surface area is 76.6 Å². The largest absolute Gasteiger partial charge is 0.457 e. The van der Waals surface area contributed by atoms with E-state index >= 15 is 0 Å². The Kier molecular flexibility index (Phi) is 2.55. The Morgan fingerprint density at radius 1 is 1.36 bits per heavy atom. The quantitative estimate of drug-likeness (QED) is 0.707. The van der Waals surface area contributed by atoms with Crippen molar-refractivity contribution in [2.45, 2.75) is 25.2 Å². The molecule has 0 aromatic carbocycles. The Morgan fingerprint density at radius 3 is 2.36 bits per heavy atom. The van der Waals surface area contributed by atoms with Crippen LogP contribution in [0.3, 0.4) is 0 Å². The molecule has 8 heteroatoms. The second-order valence-corrected chi connectivity index (χ2v) is 2.73. The first-order chi connectivity index (χ1) is 6.30. The van der Waals surface area contributed by atoms with Gasteiger partial charge >= 0.3 is 12.1 Å². The minimum Gasteiger partial charge on any atom is -0.335 e. The van der Waals surface area contributed by atoms with E-state index in [1.165, 1.54) is 6.92 Å². The summed E-state index contributed by atoms with van der Waals surface area (Å²) in [6.07, 6.45) is -6.80. The van der Waals surface area contributed by atoms with Gasteiger partial charge in [-0.05, 0) is 6.92 Å². The van der Waals surface area contributed by atoms with Crippen LogP contribution in [0.15, 0.2) is 5.10 Å². The smallest absolute Gasteiger partial charge is 0.335 e. The zero-order chi connectivity index (χ0) is 11.0. The summed E-state index contributed by atoms with van der Waals surface area (Å²) in [5, 5.41) is 3.17. The minimum atomic E-state index is -5.58. The van der Waals surface area contributed by atoms with E-state index in [1.54, 1.807) is 5.43 Å². The third kappa shape index (κ3) is 1.60. The van der Waals surface area contributed by atoms with Crippen LogP contribution in [-0.2, 0) is 0 Å². The molecule has 82 valence electrons. The van der Waals surface area contributed by atoms with E-state index in [-0.39, 0.29) is 6.54 Å². The van der Waals surface area contributed by atoms with Crippen LogP contribution >= 0.6 is 0 Å². The summed E-state index contributed by atoms with van der Waals surface area (Å²) >= 11 is 0. The second kappa shape index (κ2) is 3.25. The van der Waals surface area contributed by atoms with Gasteiger partial charge in [0.25, 0.3) is 0 Å². The fourth-order valence-corrected chi connectivity index (χ4v) is 1.03. The maximum atomic E-state index is 12.8. The molecule has 1 unspecified atom stereocenters.